The molecule has 1 fully saturated rings. The average Bonchev–Trinajstić information content (AvgIpc) is 2.93. The van der Waals surface area contributed by atoms with Crippen LogP contribution in [0.25, 0.3) is 11.1 Å². The largest absolute Gasteiger partial charge is 0.485 e. The Morgan fingerprint density at radius 2 is 1.51 bits per heavy atom. The van der Waals surface area contributed by atoms with Crippen molar-refractivity contribution in [3.8, 4) is 22.6 Å². The molecular formula is C28H29N3O4. The number of hydrogen-bond acceptors (Lipinski definition) is 5. The molecule has 2 amide bonds. The number of nitrogens with zero attached hydrogens (tertiary/aromatic N) is 2. The van der Waals surface area contributed by atoms with Crippen molar-refractivity contribution < 1.29 is 19.1 Å². The molecule has 0 spiro atoms. The van der Waals surface area contributed by atoms with Gasteiger partial charge >= 0.3 is 0 Å². The highest BCUT2D eigenvalue weighted by Gasteiger charge is 2.34. The number of carbonyl (C=O) groups is 2. The van der Waals surface area contributed by atoms with Crippen LogP contribution < -0.4 is 14.8 Å². The van der Waals surface area contributed by atoms with Gasteiger partial charge in [0.15, 0.2) is 11.5 Å². The van der Waals surface area contributed by atoms with E-state index < -0.39 is 6.10 Å². The minimum atomic E-state index is -0.647. The fourth-order valence-electron chi connectivity index (χ4n) is 4.54. The van der Waals surface area contributed by atoms with Gasteiger partial charge in [-0.05, 0) is 30.7 Å². The Balaban J connectivity index is 1.17. The third kappa shape index (κ3) is 5.00. The van der Waals surface area contributed by atoms with Crippen molar-refractivity contribution in [1.29, 1.82) is 0 Å². The molecule has 180 valence electrons. The molecular weight excluding hydrogens is 442 g/mol. The van der Waals surface area contributed by atoms with Gasteiger partial charge in [0.1, 0.15) is 6.61 Å². The highest BCUT2D eigenvalue weighted by Crippen LogP contribution is 2.31. The number of carbonyl (C=O) groups excluding carboxylic acids is 2. The van der Waals surface area contributed by atoms with Gasteiger partial charge in [0.25, 0.3) is 5.91 Å². The monoisotopic (exact) mass is 471 g/mol. The standard InChI is InChI=1S/C28H29N3O4/c1-20(27(32)29-23-12-6-5-11-22(23)21-9-3-2-4-10-21)30-15-17-31(18-16-30)28(33)26-19-34-24-13-7-8-14-25(24)35-26/h2-14,20,26H,15-19H2,1H3,(H,29,32)/t20-,26+/m0/s1. The van der Waals surface area contributed by atoms with E-state index >= 15 is 0 Å². The van der Waals surface area contributed by atoms with E-state index in [1.165, 1.54) is 0 Å². The Kier molecular flexibility index (Phi) is 6.68. The van der Waals surface area contributed by atoms with Gasteiger partial charge in [-0.25, -0.2) is 0 Å². The first kappa shape index (κ1) is 22.9. The van der Waals surface area contributed by atoms with E-state index in [-0.39, 0.29) is 24.5 Å². The van der Waals surface area contributed by atoms with Gasteiger partial charge in [-0.2, -0.15) is 0 Å². The second-order valence-corrected chi connectivity index (χ2v) is 8.80. The van der Waals surface area contributed by atoms with Gasteiger partial charge in [-0.1, -0.05) is 60.7 Å². The van der Waals surface area contributed by atoms with Crippen LogP contribution in [0.4, 0.5) is 5.69 Å². The Morgan fingerprint density at radius 3 is 2.29 bits per heavy atom. The number of hydrogen-bond donors (Lipinski definition) is 1. The number of amides is 2. The van der Waals surface area contributed by atoms with Crippen LogP contribution in [-0.4, -0.2) is 66.5 Å². The second kappa shape index (κ2) is 10.2. The molecule has 0 radical (unpaired) electrons. The van der Waals surface area contributed by atoms with Crippen LogP contribution in [-0.2, 0) is 9.59 Å². The SMILES string of the molecule is C[C@@H](C(=O)Nc1ccccc1-c1ccccc1)N1CCN(C(=O)[C@H]2COc3ccccc3O2)CC1. The maximum Gasteiger partial charge on any atom is 0.267 e. The van der Waals surface area contributed by atoms with Crippen LogP contribution in [0.5, 0.6) is 11.5 Å². The molecule has 1 saturated heterocycles. The quantitative estimate of drug-likeness (QED) is 0.615. The van der Waals surface area contributed by atoms with Gasteiger partial charge in [-0.15, -0.1) is 0 Å². The van der Waals surface area contributed by atoms with Crippen molar-refractivity contribution in [3.05, 3.63) is 78.9 Å². The van der Waals surface area contributed by atoms with E-state index in [9.17, 15) is 9.59 Å². The number of fused-ring (bicyclic) bond motifs is 1. The average molecular weight is 472 g/mol. The summed E-state index contributed by atoms with van der Waals surface area (Å²) in [5.41, 5.74) is 2.83. The minimum absolute atomic E-state index is 0.0613. The van der Waals surface area contributed by atoms with Gasteiger partial charge in [0.2, 0.25) is 12.0 Å². The summed E-state index contributed by atoms with van der Waals surface area (Å²) in [6, 6.07) is 24.9. The normalized spacial score (nSPS) is 18.5. The lowest BCUT2D eigenvalue weighted by Gasteiger charge is -2.39. The fourth-order valence-corrected chi connectivity index (χ4v) is 4.54. The molecule has 7 nitrogen and oxygen atoms in total. The Bertz CT molecular complexity index is 1190. The van der Waals surface area contributed by atoms with Gasteiger partial charge in [0.05, 0.1) is 6.04 Å². The summed E-state index contributed by atoms with van der Waals surface area (Å²) in [5.74, 6) is 1.12. The van der Waals surface area contributed by atoms with E-state index in [4.69, 9.17) is 9.47 Å². The zero-order valence-electron chi connectivity index (χ0n) is 19.7. The molecule has 5 rings (SSSR count). The van der Waals surface area contributed by atoms with E-state index in [1.807, 2.05) is 85.8 Å². The molecule has 2 aliphatic rings. The number of rotatable bonds is 5. The van der Waals surface area contributed by atoms with Crippen LogP contribution in [0, 0.1) is 0 Å². The summed E-state index contributed by atoms with van der Waals surface area (Å²) in [4.78, 5) is 30.0. The maximum atomic E-state index is 13.1. The molecule has 0 aliphatic carbocycles. The molecule has 35 heavy (non-hydrogen) atoms. The summed E-state index contributed by atoms with van der Waals surface area (Å²) >= 11 is 0. The zero-order chi connectivity index (χ0) is 24.2. The first-order valence-electron chi connectivity index (χ1n) is 12.0. The number of piperazine rings is 1. The molecule has 0 bridgehead atoms. The summed E-state index contributed by atoms with van der Waals surface area (Å²) < 4.78 is 11.6. The lowest BCUT2D eigenvalue weighted by atomic mass is 10.0. The lowest BCUT2D eigenvalue weighted by Crippen LogP contribution is -2.57. The molecule has 3 aromatic rings. The van der Waals surface area contributed by atoms with Gasteiger partial charge < -0.3 is 19.7 Å². The van der Waals surface area contributed by atoms with Crippen LogP contribution in [0.3, 0.4) is 0 Å². The Labute approximate surface area is 205 Å². The molecule has 2 aliphatic heterocycles. The van der Waals surface area contributed by atoms with E-state index in [0.29, 0.717) is 37.7 Å². The van der Waals surface area contributed by atoms with Crippen molar-refractivity contribution in [2.24, 2.45) is 0 Å². The molecule has 7 heteroatoms. The van der Waals surface area contributed by atoms with E-state index in [0.717, 1.165) is 16.8 Å². The summed E-state index contributed by atoms with van der Waals surface area (Å²) in [6.45, 7) is 4.43. The van der Waals surface area contributed by atoms with E-state index in [1.54, 1.807) is 4.90 Å². The minimum Gasteiger partial charge on any atom is -0.485 e. The van der Waals surface area contributed by atoms with E-state index in [2.05, 4.69) is 10.2 Å². The Morgan fingerprint density at radius 1 is 0.857 bits per heavy atom. The number of benzene rings is 3. The highest BCUT2D eigenvalue weighted by atomic mass is 16.6. The maximum absolute atomic E-state index is 13.1. The van der Waals surface area contributed by atoms with Crippen LogP contribution in [0.15, 0.2) is 78.9 Å². The molecule has 3 aromatic carbocycles. The molecule has 0 aromatic heterocycles. The lowest BCUT2D eigenvalue weighted by molar-refractivity contribution is -0.143. The number of ether oxygens (including phenoxy) is 2. The second-order valence-electron chi connectivity index (χ2n) is 8.80. The predicted octanol–water partition coefficient (Wildman–Crippen LogP) is 3.66. The first-order valence-corrected chi connectivity index (χ1v) is 12.0. The summed E-state index contributed by atoms with van der Waals surface area (Å²) in [5, 5.41) is 3.10. The van der Waals surface area contributed by atoms with Gasteiger partial charge in [-0.3, -0.25) is 14.5 Å². The van der Waals surface area contributed by atoms with Gasteiger partial charge in [0, 0.05) is 37.4 Å². The number of nitrogens with one attached hydrogen (secondary N) is 1. The molecule has 2 heterocycles. The predicted molar refractivity (Wildman–Crippen MR) is 134 cm³/mol. The molecule has 0 saturated carbocycles. The smallest absolute Gasteiger partial charge is 0.267 e. The topological polar surface area (TPSA) is 71.1 Å². The summed E-state index contributed by atoms with van der Waals surface area (Å²) in [7, 11) is 0. The van der Waals surface area contributed by atoms with Crippen molar-refractivity contribution in [3.63, 3.8) is 0 Å². The van der Waals surface area contributed by atoms with Crippen LogP contribution >= 0.6 is 0 Å². The third-order valence-corrected chi connectivity index (χ3v) is 6.61. The van der Waals surface area contributed by atoms with Crippen LogP contribution in [0.1, 0.15) is 6.92 Å². The Hall–Kier alpha value is -3.84. The van der Waals surface area contributed by atoms with Crippen LogP contribution in [0.2, 0.25) is 0 Å². The van der Waals surface area contributed by atoms with Crippen molar-refractivity contribution >= 4 is 17.5 Å². The van der Waals surface area contributed by atoms with Crippen molar-refractivity contribution in [2.45, 2.75) is 19.1 Å². The third-order valence-electron chi connectivity index (χ3n) is 6.61. The van der Waals surface area contributed by atoms with Crippen molar-refractivity contribution in [1.82, 2.24) is 9.80 Å². The molecule has 1 N–H and O–H groups in total. The molecule has 0 unspecified atom stereocenters. The first-order chi connectivity index (χ1) is 17.1. The zero-order valence-corrected chi connectivity index (χ0v) is 19.7. The van der Waals surface area contributed by atoms with Crippen molar-refractivity contribution in [2.75, 3.05) is 38.1 Å². The number of anilines is 1. The fraction of sp³-hybridized carbons (Fsp3) is 0.286. The summed E-state index contributed by atoms with van der Waals surface area (Å²) in [6.07, 6.45) is -0.647. The number of para-hydroxylation sites is 3. The molecule has 2 atom stereocenters. The highest BCUT2D eigenvalue weighted by molar-refractivity contribution is 5.98.